The molecule has 5 nitrogen and oxygen atoms in total. The minimum absolute atomic E-state index is 0.000628. The van der Waals surface area contributed by atoms with Gasteiger partial charge in [-0.05, 0) is 24.3 Å². The summed E-state index contributed by atoms with van der Waals surface area (Å²) in [5, 5.41) is -0.567. The third kappa shape index (κ3) is 3.10. The second-order valence-corrected chi connectivity index (χ2v) is 9.08. The maximum absolute atomic E-state index is 13.1. The van der Waals surface area contributed by atoms with Crippen molar-refractivity contribution in [1.82, 2.24) is 0 Å². The van der Waals surface area contributed by atoms with Crippen LogP contribution in [0.5, 0.6) is 0 Å². The number of hydrogen-bond acceptors (Lipinski definition) is 5. The average Bonchev–Trinajstić information content (AvgIpc) is 2.76. The van der Waals surface area contributed by atoms with Crippen LogP contribution in [0.2, 0.25) is 0 Å². The maximum atomic E-state index is 13.1. The first kappa shape index (κ1) is 19.2. The van der Waals surface area contributed by atoms with Gasteiger partial charge in [0.25, 0.3) is 0 Å². The normalized spacial score (nSPS) is 13.0. The highest BCUT2D eigenvalue weighted by Crippen LogP contribution is 2.30. The number of ketones is 3. The Morgan fingerprint density at radius 1 is 0.759 bits per heavy atom. The third-order valence-electron chi connectivity index (χ3n) is 4.82. The lowest BCUT2D eigenvalue weighted by molar-refractivity contribution is 0.0971. The Bertz CT molecular complexity index is 1290. The van der Waals surface area contributed by atoms with E-state index in [1.54, 1.807) is 30.3 Å². The van der Waals surface area contributed by atoms with Crippen LogP contribution in [0.4, 0.5) is 0 Å². The van der Waals surface area contributed by atoms with Crippen LogP contribution in [0.1, 0.15) is 47.8 Å². The van der Waals surface area contributed by atoms with Gasteiger partial charge in [0.05, 0.1) is 4.90 Å². The Labute approximate surface area is 171 Å². The maximum Gasteiger partial charge on any atom is 0.195 e. The molecule has 29 heavy (non-hydrogen) atoms. The summed E-state index contributed by atoms with van der Waals surface area (Å²) in [5.74, 6) is -1.17. The van der Waals surface area contributed by atoms with E-state index in [-0.39, 0.29) is 44.3 Å². The molecule has 0 unspecified atom stereocenters. The number of carbonyl (C=O) groups is 3. The molecule has 0 aromatic heterocycles. The summed E-state index contributed by atoms with van der Waals surface area (Å²) in [7, 11) is -3.61. The summed E-state index contributed by atoms with van der Waals surface area (Å²) in [5.41, 5.74) is 1.12. The van der Waals surface area contributed by atoms with Crippen molar-refractivity contribution in [3.8, 4) is 0 Å². The molecule has 4 rings (SSSR count). The SMILES string of the molecule is O=C(c1ccc(S(=O)(=O)CCl)cc1)c1cccc2c1C(=O)c1ccccc1C2=O. The Kier molecular flexibility index (Phi) is 4.68. The Morgan fingerprint density at radius 2 is 1.34 bits per heavy atom. The van der Waals surface area contributed by atoms with Gasteiger partial charge in [0.1, 0.15) is 5.21 Å². The molecule has 1 aliphatic carbocycles. The first-order chi connectivity index (χ1) is 13.8. The zero-order valence-electron chi connectivity index (χ0n) is 14.9. The van der Waals surface area contributed by atoms with Gasteiger partial charge in [0.2, 0.25) is 0 Å². The molecule has 0 N–H and O–H groups in total. The molecule has 0 atom stereocenters. The molecule has 1 aliphatic rings. The first-order valence-corrected chi connectivity index (χ1v) is 10.8. The van der Waals surface area contributed by atoms with Crippen LogP contribution in [0.25, 0.3) is 0 Å². The number of rotatable bonds is 4. The standard InChI is InChI=1S/C22H13ClO5S/c23-12-29(27,28)14-10-8-13(9-11-14)20(24)17-6-3-7-18-19(17)22(26)16-5-2-1-4-15(16)21(18)25/h1-11H,12H2. The lowest BCUT2D eigenvalue weighted by atomic mass is 9.80. The van der Waals surface area contributed by atoms with E-state index in [1.807, 2.05) is 0 Å². The summed E-state index contributed by atoms with van der Waals surface area (Å²) in [6.45, 7) is 0. The molecule has 0 bridgehead atoms. The van der Waals surface area contributed by atoms with Crippen LogP contribution in [0.15, 0.2) is 71.6 Å². The molecule has 0 saturated heterocycles. The van der Waals surface area contributed by atoms with Crippen molar-refractivity contribution >= 4 is 38.8 Å². The second kappa shape index (κ2) is 7.06. The fourth-order valence-electron chi connectivity index (χ4n) is 3.37. The van der Waals surface area contributed by atoms with Gasteiger partial charge >= 0.3 is 0 Å². The minimum Gasteiger partial charge on any atom is -0.289 e. The fourth-order valence-corrected chi connectivity index (χ4v) is 4.42. The number of hydrogen-bond donors (Lipinski definition) is 0. The van der Waals surface area contributed by atoms with Crippen molar-refractivity contribution in [1.29, 1.82) is 0 Å². The van der Waals surface area contributed by atoms with Crippen molar-refractivity contribution in [3.63, 3.8) is 0 Å². The van der Waals surface area contributed by atoms with E-state index >= 15 is 0 Å². The zero-order valence-corrected chi connectivity index (χ0v) is 16.5. The molecule has 0 amide bonds. The molecule has 0 fully saturated rings. The van der Waals surface area contributed by atoms with E-state index in [0.29, 0.717) is 5.56 Å². The van der Waals surface area contributed by atoms with E-state index in [0.717, 1.165) is 0 Å². The fraction of sp³-hybridized carbons (Fsp3) is 0.0455. The Balaban J connectivity index is 1.81. The highest BCUT2D eigenvalue weighted by molar-refractivity contribution is 7.92. The number of halogens is 1. The number of carbonyl (C=O) groups excluding carboxylic acids is 3. The third-order valence-corrected chi connectivity index (χ3v) is 6.96. The quantitative estimate of drug-likeness (QED) is 0.368. The number of sulfone groups is 1. The molecular weight excluding hydrogens is 412 g/mol. The van der Waals surface area contributed by atoms with Crippen molar-refractivity contribution in [3.05, 3.63) is 100 Å². The van der Waals surface area contributed by atoms with Gasteiger partial charge < -0.3 is 0 Å². The van der Waals surface area contributed by atoms with Gasteiger partial charge in [-0.25, -0.2) is 8.42 Å². The summed E-state index contributed by atoms with van der Waals surface area (Å²) >= 11 is 5.45. The molecule has 144 valence electrons. The molecule has 0 aliphatic heterocycles. The predicted octanol–water partition coefficient (Wildman–Crippen LogP) is 3.66. The number of fused-ring (bicyclic) bond motifs is 2. The van der Waals surface area contributed by atoms with Crippen LogP contribution in [0, 0.1) is 0 Å². The van der Waals surface area contributed by atoms with Crippen molar-refractivity contribution in [2.75, 3.05) is 5.21 Å². The molecule has 7 heteroatoms. The van der Waals surface area contributed by atoms with E-state index in [4.69, 9.17) is 11.6 Å². The molecule has 0 radical (unpaired) electrons. The van der Waals surface area contributed by atoms with Crippen molar-refractivity contribution < 1.29 is 22.8 Å². The molecule has 0 spiro atoms. The van der Waals surface area contributed by atoms with E-state index in [2.05, 4.69) is 0 Å². The summed E-state index contributed by atoms with van der Waals surface area (Å²) in [6, 6.07) is 16.4. The molecule has 0 saturated carbocycles. The van der Waals surface area contributed by atoms with Crippen LogP contribution >= 0.6 is 11.6 Å². The topological polar surface area (TPSA) is 85.3 Å². The number of alkyl halides is 1. The van der Waals surface area contributed by atoms with Gasteiger partial charge in [0, 0.05) is 33.4 Å². The largest absolute Gasteiger partial charge is 0.289 e. The summed E-state index contributed by atoms with van der Waals surface area (Å²) < 4.78 is 23.7. The smallest absolute Gasteiger partial charge is 0.195 e. The van der Waals surface area contributed by atoms with Crippen molar-refractivity contribution in [2.24, 2.45) is 0 Å². The summed E-state index contributed by atoms with van der Waals surface area (Å²) in [4.78, 5) is 38.9. The predicted molar refractivity (Wildman–Crippen MR) is 108 cm³/mol. The average molecular weight is 425 g/mol. The number of benzene rings is 3. The van der Waals surface area contributed by atoms with Gasteiger partial charge in [-0.3, -0.25) is 14.4 Å². The lowest BCUT2D eigenvalue weighted by Gasteiger charge is -2.19. The van der Waals surface area contributed by atoms with Crippen LogP contribution in [0.3, 0.4) is 0 Å². The van der Waals surface area contributed by atoms with Gasteiger partial charge in [-0.1, -0.05) is 42.5 Å². The molecule has 0 heterocycles. The van der Waals surface area contributed by atoms with E-state index in [9.17, 15) is 22.8 Å². The molecular formula is C22H13ClO5S. The van der Waals surface area contributed by atoms with Crippen LogP contribution in [-0.2, 0) is 9.84 Å². The molecule has 3 aromatic carbocycles. The van der Waals surface area contributed by atoms with Crippen molar-refractivity contribution in [2.45, 2.75) is 4.90 Å². The van der Waals surface area contributed by atoms with Gasteiger partial charge in [-0.2, -0.15) is 0 Å². The lowest BCUT2D eigenvalue weighted by Crippen LogP contribution is -2.24. The first-order valence-electron chi connectivity index (χ1n) is 8.60. The Morgan fingerprint density at radius 3 is 1.97 bits per heavy atom. The summed E-state index contributed by atoms with van der Waals surface area (Å²) in [6.07, 6.45) is 0. The monoisotopic (exact) mass is 424 g/mol. The van der Waals surface area contributed by atoms with E-state index < -0.39 is 20.8 Å². The minimum atomic E-state index is -3.61. The van der Waals surface area contributed by atoms with Crippen LogP contribution in [-0.4, -0.2) is 31.0 Å². The van der Waals surface area contributed by atoms with Gasteiger partial charge in [0.15, 0.2) is 27.2 Å². The zero-order chi connectivity index (χ0) is 20.8. The van der Waals surface area contributed by atoms with Gasteiger partial charge in [-0.15, -0.1) is 11.6 Å². The molecule has 3 aromatic rings. The second-order valence-electron chi connectivity index (χ2n) is 6.51. The van der Waals surface area contributed by atoms with E-state index in [1.165, 1.54) is 36.4 Å². The highest BCUT2D eigenvalue weighted by Gasteiger charge is 2.33. The Hall–Kier alpha value is -3.09. The van der Waals surface area contributed by atoms with Crippen LogP contribution < -0.4 is 0 Å². The highest BCUT2D eigenvalue weighted by atomic mass is 35.5.